The predicted octanol–water partition coefficient (Wildman–Crippen LogP) is 1.28. The minimum atomic E-state index is 0.508. The van der Waals surface area contributed by atoms with Crippen LogP contribution in [0.2, 0.25) is 0 Å². The normalized spacial score (nSPS) is 14.5. The Hall–Kier alpha value is -1.55. The summed E-state index contributed by atoms with van der Waals surface area (Å²) in [6.45, 7) is 1.54. The molecule has 0 saturated carbocycles. The van der Waals surface area contributed by atoms with Crippen molar-refractivity contribution in [3.05, 3.63) is 29.7 Å². The second kappa shape index (κ2) is 3.24. The molecule has 4 heteroatoms. The van der Waals surface area contributed by atoms with Crippen LogP contribution in [0.1, 0.15) is 17.8 Å². The van der Waals surface area contributed by atoms with E-state index < -0.39 is 0 Å². The average molecular weight is 202 g/mol. The molecule has 15 heavy (non-hydrogen) atoms. The molecule has 0 aliphatic carbocycles. The Bertz CT molecular complexity index is 467. The fourth-order valence-corrected chi connectivity index (χ4v) is 2.33. The van der Waals surface area contributed by atoms with Crippen LogP contribution < -0.4 is 5.73 Å². The van der Waals surface area contributed by atoms with Crippen molar-refractivity contribution in [3.63, 3.8) is 0 Å². The van der Waals surface area contributed by atoms with Gasteiger partial charge in [0, 0.05) is 36.2 Å². The van der Waals surface area contributed by atoms with Gasteiger partial charge in [0.15, 0.2) is 0 Å². The Kier molecular flexibility index (Phi) is 1.89. The zero-order valence-electron chi connectivity index (χ0n) is 8.53. The van der Waals surface area contributed by atoms with E-state index in [1.54, 1.807) is 0 Å². The van der Waals surface area contributed by atoms with Crippen molar-refractivity contribution in [1.82, 2.24) is 14.8 Å². The quantitative estimate of drug-likeness (QED) is 0.770. The maximum Gasteiger partial charge on any atom is 0.0856 e. The van der Waals surface area contributed by atoms with E-state index in [0.29, 0.717) is 6.54 Å². The molecule has 0 radical (unpaired) electrons. The van der Waals surface area contributed by atoms with Gasteiger partial charge in [-0.05, 0) is 25.0 Å². The number of nitrogens with two attached hydrogens (primary N) is 1. The van der Waals surface area contributed by atoms with Crippen molar-refractivity contribution >= 4 is 0 Å². The van der Waals surface area contributed by atoms with Crippen LogP contribution in [-0.4, -0.2) is 14.8 Å². The molecular weight excluding hydrogens is 188 g/mol. The summed E-state index contributed by atoms with van der Waals surface area (Å²) in [4.78, 5) is 3.24. The Morgan fingerprint density at radius 1 is 1.53 bits per heavy atom. The summed E-state index contributed by atoms with van der Waals surface area (Å²) < 4.78 is 2.10. The molecule has 3 heterocycles. The van der Waals surface area contributed by atoms with Crippen LogP contribution in [0, 0.1) is 0 Å². The van der Waals surface area contributed by atoms with Crippen LogP contribution in [-0.2, 0) is 19.5 Å². The van der Waals surface area contributed by atoms with Crippen LogP contribution in [0.15, 0.2) is 18.3 Å². The molecule has 0 fully saturated rings. The second-order valence-electron chi connectivity index (χ2n) is 3.88. The number of fused-ring (bicyclic) bond motifs is 1. The third kappa shape index (κ3) is 1.22. The van der Waals surface area contributed by atoms with Gasteiger partial charge in [-0.1, -0.05) is 0 Å². The average Bonchev–Trinajstić information content (AvgIpc) is 2.92. The lowest BCUT2D eigenvalue weighted by Gasteiger charge is -2.00. The topological polar surface area (TPSA) is 59.6 Å². The molecule has 0 aromatic carbocycles. The number of aryl methyl sites for hydroxylation is 1. The molecular formula is C11H14N4. The summed E-state index contributed by atoms with van der Waals surface area (Å²) in [6.07, 6.45) is 4.25. The van der Waals surface area contributed by atoms with Gasteiger partial charge in [0.2, 0.25) is 0 Å². The predicted molar refractivity (Wildman–Crippen MR) is 58.2 cm³/mol. The van der Waals surface area contributed by atoms with Crippen molar-refractivity contribution in [1.29, 1.82) is 0 Å². The van der Waals surface area contributed by atoms with Crippen LogP contribution in [0.25, 0.3) is 11.3 Å². The summed E-state index contributed by atoms with van der Waals surface area (Å²) in [7, 11) is 0. The maximum atomic E-state index is 5.73. The highest BCUT2D eigenvalue weighted by Gasteiger charge is 2.22. The van der Waals surface area contributed by atoms with Crippen LogP contribution in [0.3, 0.4) is 0 Å². The minimum absolute atomic E-state index is 0.508. The molecule has 78 valence electrons. The lowest BCUT2D eigenvalue weighted by molar-refractivity contribution is 0.644. The number of nitrogens with one attached hydrogen (secondary N) is 1. The number of aromatic amines is 1. The molecule has 0 unspecified atom stereocenters. The summed E-state index contributed by atoms with van der Waals surface area (Å²) in [5, 5.41) is 4.54. The van der Waals surface area contributed by atoms with Crippen LogP contribution in [0.4, 0.5) is 0 Å². The lowest BCUT2D eigenvalue weighted by atomic mass is 10.1. The Morgan fingerprint density at radius 2 is 2.47 bits per heavy atom. The van der Waals surface area contributed by atoms with Gasteiger partial charge in [-0.15, -0.1) is 0 Å². The van der Waals surface area contributed by atoms with Gasteiger partial charge in [-0.3, -0.25) is 4.68 Å². The van der Waals surface area contributed by atoms with E-state index >= 15 is 0 Å². The SMILES string of the molecule is NCc1nn2c(c1-c1ccc[nH]1)CCC2. The molecule has 0 saturated heterocycles. The first-order valence-corrected chi connectivity index (χ1v) is 5.32. The van der Waals surface area contributed by atoms with Crippen molar-refractivity contribution in [2.45, 2.75) is 25.9 Å². The molecule has 2 aromatic heterocycles. The van der Waals surface area contributed by atoms with Crippen molar-refractivity contribution in [2.24, 2.45) is 5.73 Å². The van der Waals surface area contributed by atoms with Gasteiger partial charge in [0.25, 0.3) is 0 Å². The molecule has 3 rings (SSSR count). The summed E-state index contributed by atoms with van der Waals surface area (Å²) in [5.74, 6) is 0. The molecule has 1 aliphatic rings. The summed E-state index contributed by atoms with van der Waals surface area (Å²) >= 11 is 0. The number of rotatable bonds is 2. The van der Waals surface area contributed by atoms with Gasteiger partial charge < -0.3 is 10.7 Å². The molecule has 0 amide bonds. The van der Waals surface area contributed by atoms with E-state index in [1.807, 2.05) is 12.3 Å². The van der Waals surface area contributed by atoms with E-state index in [1.165, 1.54) is 17.7 Å². The van der Waals surface area contributed by atoms with Crippen LogP contribution in [0.5, 0.6) is 0 Å². The first-order valence-electron chi connectivity index (χ1n) is 5.32. The number of H-pyrrole nitrogens is 1. The van der Waals surface area contributed by atoms with Gasteiger partial charge >= 0.3 is 0 Å². The van der Waals surface area contributed by atoms with Gasteiger partial charge in [0.1, 0.15) is 0 Å². The van der Waals surface area contributed by atoms with Crippen LogP contribution >= 0.6 is 0 Å². The summed E-state index contributed by atoms with van der Waals surface area (Å²) in [6, 6.07) is 4.09. The third-order valence-corrected chi connectivity index (χ3v) is 2.97. The second-order valence-corrected chi connectivity index (χ2v) is 3.88. The molecule has 1 aliphatic heterocycles. The standard InChI is InChI=1S/C11H14N4/c12-7-9-11(8-3-1-5-13-8)10-4-2-6-15(10)14-9/h1,3,5,13H,2,4,6-7,12H2. The van der Waals surface area contributed by atoms with E-state index in [4.69, 9.17) is 5.73 Å². The van der Waals surface area contributed by atoms with Gasteiger partial charge in [-0.25, -0.2) is 0 Å². The highest BCUT2D eigenvalue weighted by Crippen LogP contribution is 2.30. The van der Waals surface area contributed by atoms with E-state index in [2.05, 4.69) is 20.8 Å². The fourth-order valence-electron chi connectivity index (χ4n) is 2.33. The highest BCUT2D eigenvalue weighted by atomic mass is 15.3. The van der Waals surface area contributed by atoms with E-state index in [9.17, 15) is 0 Å². The molecule has 0 atom stereocenters. The fraction of sp³-hybridized carbons (Fsp3) is 0.364. The molecule has 2 aromatic rings. The Morgan fingerprint density at radius 3 is 3.20 bits per heavy atom. The first-order chi connectivity index (χ1) is 7.40. The smallest absolute Gasteiger partial charge is 0.0856 e. The minimum Gasteiger partial charge on any atom is -0.361 e. The number of aromatic nitrogens is 3. The van der Waals surface area contributed by atoms with Crippen molar-refractivity contribution < 1.29 is 0 Å². The number of hydrogen-bond acceptors (Lipinski definition) is 2. The Labute approximate surface area is 88.1 Å². The number of hydrogen-bond donors (Lipinski definition) is 2. The third-order valence-electron chi connectivity index (χ3n) is 2.97. The Balaban J connectivity index is 2.20. The van der Waals surface area contributed by atoms with Crippen molar-refractivity contribution in [3.8, 4) is 11.3 Å². The van der Waals surface area contributed by atoms with E-state index in [0.717, 1.165) is 24.4 Å². The summed E-state index contributed by atoms with van der Waals surface area (Å²) in [5.41, 5.74) is 10.4. The zero-order valence-corrected chi connectivity index (χ0v) is 8.53. The van der Waals surface area contributed by atoms with Crippen molar-refractivity contribution in [2.75, 3.05) is 0 Å². The van der Waals surface area contributed by atoms with Gasteiger partial charge in [0.05, 0.1) is 5.69 Å². The number of nitrogens with zero attached hydrogens (tertiary/aromatic N) is 2. The molecule has 3 N–H and O–H groups in total. The largest absolute Gasteiger partial charge is 0.361 e. The maximum absolute atomic E-state index is 5.73. The van der Waals surface area contributed by atoms with E-state index in [-0.39, 0.29) is 0 Å². The zero-order chi connectivity index (χ0) is 10.3. The molecule has 4 nitrogen and oxygen atoms in total. The lowest BCUT2D eigenvalue weighted by Crippen LogP contribution is -2.01. The monoisotopic (exact) mass is 202 g/mol. The molecule has 0 bridgehead atoms. The molecule has 0 spiro atoms. The first kappa shape index (κ1) is 8.73. The van der Waals surface area contributed by atoms with Gasteiger partial charge in [-0.2, -0.15) is 5.10 Å². The highest BCUT2D eigenvalue weighted by molar-refractivity contribution is 5.66.